The molecule has 0 aromatic heterocycles. The van der Waals surface area contributed by atoms with Crippen LogP contribution in [-0.2, 0) is 22.6 Å². The van der Waals surface area contributed by atoms with E-state index < -0.39 is 0 Å². The summed E-state index contributed by atoms with van der Waals surface area (Å²) in [5.74, 6) is 0.0217. The number of aryl methyl sites for hydroxylation is 1. The zero-order valence-corrected chi connectivity index (χ0v) is 17.3. The summed E-state index contributed by atoms with van der Waals surface area (Å²) in [5.41, 5.74) is 3.62. The first-order valence-corrected chi connectivity index (χ1v) is 9.82. The van der Waals surface area contributed by atoms with Gasteiger partial charge in [-0.15, -0.1) is 0 Å². The van der Waals surface area contributed by atoms with E-state index in [1.807, 2.05) is 63.2 Å². The smallest absolute Gasteiger partial charge is 0.238 e. The molecule has 3 rings (SSSR count). The Morgan fingerprint density at radius 3 is 2.50 bits per heavy atom. The van der Waals surface area contributed by atoms with Crippen LogP contribution < -0.4 is 15.5 Å². The highest BCUT2D eigenvalue weighted by Crippen LogP contribution is 2.31. The topological polar surface area (TPSA) is 61.4 Å². The first-order valence-electron chi connectivity index (χ1n) is 9.44. The first kappa shape index (κ1) is 20.4. The van der Waals surface area contributed by atoms with Gasteiger partial charge in [0.15, 0.2) is 0 Å². The summed E-state index contributed by atoms with van der Waals surface area (Å²) in [6.45, 7) is 6.81. The van der Waals surface area contributed by atoms with E-state index in [-0.39, 0.29) is 23.9 Å². The predicted molar refractivity (Wildman–Crippen MR) is 114 cm³/mol. The van der Waals surface area contributed by atoms with Crippen LogP contribution in [0.3, 0.4) is 0 Å². The van der Waals surface area contributed by atoms with E-state index in [2.05, 4.69) is 10.6 Å². The monoisotopic (exact) mass is 399 g/mol. The zero-order valence-electron chi connectivity index (χ0n) is 16.5. The van der Waals surface area contributed by atoms with Gasteiger partial charge in [-0.2, -0.15) is 0 Å². The van der Waals surface area contributed by atoms with Gasteiger partial charge >= 0.3 is 0 Å². The molecule has 0 radical (unpaired) electrons. The van der Waals surface area contributed by atoms with Crippen LogP contribution in [0.25, 0.3) is 0 Å². The molecule has 1 heterocycles. The third-order valence-corrected chi connectivity index (χ3v) is 4.85. The Morgan fingerprint density at radius 1 is 1.11 bits per heavy atom. The molecule has 148 valence electrons. The van der Waals surface area contributed by atoms with Crippen LogP contribution in [0.2, 0.25) is 5.02 Å². The van der Waals surface area contributed by atoms with E-state index in [1.165, 1.54) is 0 Å². The van der Waals surface area contributed by atoms with Crippen LogP contribution >= 0.6 is 11.6 Å². The maximum atomic E-state index is 12.5. The molecule has 0 spiro atoms. The number of amides is 2. The predicted octanol–water partition coefficient (Wildman–Crippen LogP) is 4.15. The minimum atomic E-state index is -0.115. The Bertz CT molecular complexity index is 872. The number of nitrogens with zero attached hydrogens (tertiary/aromatic N) is 1. The molecular weight excluding hydrogens is 374 g/mol. The average Bonchev–Trinajstić information content (AvgIpc) is 2.63. The second kappa shape index (κ2) is 8.33. The second-order valence-electron chi connectivity index (χ2n) is 8.10. The molecule has 6 heteroatoms. The van der Waals surface area contributed by atoms with Crippen molar-refractivity contribution in [3.05, 3.63) is 58.6 Å². The maximum Gasteiger partial charge on any atom is 0.238 e. The van der Waals surface area contributed by atoms with Gasteiger partial charge < -0.3 is 15.5 Å². The lowest BCUT2D eigenvalue weighted by Crippen LogP contribution is -2.41. The minimum Gasteiger partial charge on any atom is -0.325 e. The van der Waals surface area contributed by atoms with Gasteiger partial charge in [0, 0.05) is 28.4 Å². The van der Waals surface area contributed by atoms with Crippen LogP contribution in [-0.4, -0.2) is 23.9 Å². The summed E-state index contributed by atoms with van der Waals surface area (Å²) < 4.78 is 0. The standard InChI is InChI=1S/C22H26ClN3O2/c1-22(2,3)24-13-20(27)25-18-9-10-19-16(12-18)6-11-21(28)26(19)14-15-4-7-17(23)8-5-15/h4-5,7-10,12,24H,6,11,13-14H2,1-3H3,(H,25,27). The van der Waals surface area contributed by atoms with Gasteiger partial charge in [-0.1, -0.05) is 23.7 Å². The molecule has 0 bridgehead atoms. The van der Waals surface area contributed by atoms with Crippen LogP contribution in [0, 0.1) is 0 Å². The molecule has 0 saturated carbocycles. The second-order valence-corrected chi connectivity index (χ2v) is 8.54. The number of halogens is 1. The lowest BCUT2D eigenvalue weighted by Gasteiger charge is -2.30. The Balaban J connectivity index is 1.73. The fourth-order valence-electron chi connectivity index (χ4n) is 3.13. The van der Waals surface area contributed by atoms with Crippen molar-refractivity contribution in [1.29, 1.82) is 0 Å². The third kappa shape index (κ3) is 5.33. The summed E-state index contributed by atoms with van der Waals surface area (Å²) in [6.07, 6.45) is 1.14. The van der Waals surface area contributed by atoms with E-state index in [4.69, 9.17) is 11.6 Å². The fourth-order valence-corrected chi connectivity index (χ4v) is 3.26. The van der Waals surface area contributed by atoms with Gasteiger partial charge in [0.05, 0.1) is 13.1 Å². The highest BCUT2D eigenvalue weighted by molar-refractivity contribution is 6.30. The molecule has 2 N–H and O–H groups in total. The van der Waals surface area contributed by atoms with Crippen molar-refractivity contribution in [1.82, 2.24) is 5.32 Å². The molecule has 0 unspecified atom stereocenters. The van der Waals surface area contributed by atoms with E-state index in [9.17, 15) is 9.59 Å². The number of rotatable bonds is 5. The number of carbonyl (C=O) groups is 2. The minimum absolute atomic E-state index is 0.0835. The molecule has 28 heavy (non-hydrogen) atoms. The van der Waals surface area contributed by atoms with Crippen molar-refractivity contribution in [2.24, 2.45) is 0 Å². The van der Waals surface area contributed by atoms with Crippen molar-refractivity contribution >= 4 is 34.8 Å². The van der Waals surface area contributed by atoms with Gasteiger partial charge in [0.2, 0.25) is 11.8 Å². The number of hydrogen-bond acceptors (Lipinski definition) is 3. The number of anilines is 2. The molecular formula is C22H26ClN3O2. The SMILES string of the molecule is CC(C)(C)NCC(=O)Nc1ccc2c(c1)CCC(=O)N2Cc1ccc(Cl)cc1. The average molecular weight is 400 g/mol. The van der Waals surface area contributed by atoms with Crippen molar-refractivity contribution in [3.8, 4) is 0 Å². The van der Waals surface area contributed by atoms with Crippen LogP contribution in [0.1, 0.15) is 38.3 Å². The van der Waals surface area contributed by atoms with Crippen molar-refractivity contribution in [2.75, 3.05) is 16.8 Å². The third-order valence-electron chi connectivity index (χ3n) is 4.60. The number of hydrogen-bond donors (Lipinski definition) is 2. The quantitative estimate of drug-likeness (QED) is 0.794. The van der Waals surface area contributed by atoms with Crippen molar-refractivity contribution in [3.63, 3.8) is 0 Å². The molecule has 2 amide bonds. The van der Waals surface area contributed by atoms with Gasteiger partial charge in [-0.3, -0.25) is 9.59 Å². The fraction of sp³-hybridized carbons (Fsp3) is 0.364. The Labute approximate surface area is 171 Å². The summed E-state index contributed by atoms with van der Waals surface area (Å²) in [5, 5.41) is 6.78. The number of benzene rings is 2. The van der Waals surface area contributed by atoms with E-state index in [0.717, 1.165) is 22.5 Å². The van der Waals surface area contributed by atoms with Crippen LogP contribution in [0.5, 0.6) is 0 Å². The lowest BCUT2D eigenvalue weighted by atomic mass is 9.99. The van der Waals surface area contributed by atoms with E-state index >= 15 is 0 Å². The van der Waals surface area contributed by atoms with Gasteiger partial charge in [-0.25, -0.2) is 0 Å². The van der Waals surface area contributed by atoms with Gasteiger partial charge in [-0.05, 0) is 68.7 Å². The largest absolute Gasteiger partial charge is 0.325 e. The Morgan fingerprint density at radius 2 is 1.82 bits per heavy atom. The number of carbonyl (C=O) groups excluding carboxylic acids is 2. The van der Waals surface area contributed by atoms with Gasteiger partial charge in [0.1, 0.15) is 0 Å². The van der Waals surface area contributed by atoms with Crippen LogP contribution in [0.15, 0.2) is 42.5 Å². The molecule has 5 nitrogen and oxygen atoms in total. The highest BCUT2D eigenvalue weighted by atomic mass is 35.5. The molecule has 0 saturated heterocycles. The lowest BCUT2D eigenvalue weighted by molar-refractivity contribution is -0.119. The number of fused-ring (bicyclic) bond motifs is 1. The Hall–Kier alpha value is -2.37. The molecule has 0 aliphatic carbocycles. The molecule has 1 aliphatic rings. The Kier molecular flexibility index (Phi) is 6.06. The normalized spacial score (nSPS) is 14.0. The van der Waals surface area contributed by atoms with Crippen molar-refractivity contribution < 1.29 is 9.59 Å². The highest BCUT2D eigenvalue weighted by Gasteiger charge is 2.24. The van der Waals surface area contributed by atoms with Gasteiger partial charge in [0.25, 0.3) is 0 Å². The maximum absolute atomic E-state index is 12.5. The summed E-state index contributed by atoms with van der Waals surface area (Å²) in [7, 11) is 0. The summed E-state index contributed by atoms with van der Waals surface area (Å²) in [4.78, 5) is 26.5. The van der Waals surface area contributed by atoms with Crippen LogP contribution in [0.4, 0.5) is 11.4 Å². The zero-order chi connectivity index (χ0) is 20.3. The molecule has 0 fully saturated rings. The molecule has 1 aliphatic heterocycles. The molecule has 2 aromatic rings. The first-order chi connectivity index (χ1) is 13.2. The number of nitrogens with one attached hydrogen (secondary N) is 2. The van der Waals surface area contributed by atoms with Crippen molar-refractivity contribution in [2.45, 2.75) is 45.7 Å². The van der Waals surface area contributed by atoms with E-state index in [1.54, 1.807) is 4.90 Å². The van der Waals surface area contributed by atoms with E-state index in [0.29, 0.717) is 24.4 Å². The molecule has 2 aromatic carbocycles. The summed E-state index contributed by atoms with van der Waals surface area (Å²) in [6, 6.07) is 13.2. The summed E-state index contributed by atoms with van der Waals surface area (Å²) >= 11 is 5.95. The molecule has 0 atom stereocenters.